The van der Waals surface area contributed by atoms with Gasteiger partial charge in [0.25, 0.3) is 0 Å². The van der Waals surface area contributed by atoms with E-state index in [0.717, 1.165) is 36.5 Å². The number of hydrogen-bond acceptors (Lipinski definition) is 3. The van der Waals surface area contributed by atoms with Crippen LogP contribution in [0.15, 0.2) is 29.6 Å². The molecule has 0 spiro atoms. The number of alkyl halides is 3. The summed E-state index contributed by atoms with van der Waals surface area (Å²) >= 11 is 1.12. The predicted octanol–water partition coefficient (Wildman–Crippen LogP) is 4.18. The summed E-state index contributed by atoms with van der Waals surface area (Å²) in [7, 11) is 0. The van der Waals surface area contributed by atoms with E-state index in [2.05, 4.69) is 9.69 Å². The van der Waals surface area contributed by atoms with Crippen LogP contribution in [0.25, 0.3) is 11.3 Å². The molecule has 0 radical (unpaired) electrons. The standard InChI is InChI=1S/C15H11F3N2OS/c16-15(17,18)9-3-1-2-8(4-9)12-11(7-22-20-12)19-13(21)14-5-10(14)6-14/h1-4,7,10H,5-6H2,(H,19,21). The number of carbonyl (C=O) groups is 1. The molecule has 0 unspecified atom stereocenters. The Kier molecular flexibility index (Phi) is 2.70. The number of amides is 1. The Hall–Kier alpha value is -1.89. The number of aromatic nitrogens is 1. The summed E-state index contributed by atoms with van der Waals surface area (Å²) in [6, 6.07) is 4.99. The van der Waals surface area contributed by atoms with Crippen LogP contribution in [0.1, 0.15) is 18.4 Å². The lowest BCUT2D eigenvalue weighted by atomic mass is 10.1. The van der Waals surface area contributed by atoms with Gasteiger partial charge >= 0.3 is 6.18 Å². The van der Waals surface area contributed by atoms with Crippen LogP contribution in [-0.4, -0.2) is 10.3 Å². The van der Waals surface area contributed by atoms with Crippen LogP contribution in [0.3, 0.4) is 0 Å². The van der Waals surface area contributed by atoms with Crippen molar-refractivity contribution in [2.24, 2.45) is 11.3 Å². The average Bonchev–Trinajstić information content (AvgIpc) is 3.28. The molecule has 114 valence electrons. The fourth-order valence-corrected chi connectivity index (χ4v) is 3.33. The molecule has 2 fully saturated rings. The molecule has 0 saturated heterocycles. The molecule has 2 aliphatic carbocycles. The molecule has 1 heterocycles. The Labute approximate surface area is 128 Å². The second kappa shape index (κ2) is 4.32. The molecule has 1 amide bonds. The van der Waals surface area contributed by atoms with Gasteiger partial charge in [0.2, 0.25) is 5.91 Å². The highest BCUT2D eigenvalue weighted by Gasteiger charge is 2.74. The van der Waals surface area contributed by atoms with Crippen molar-refractivity contribution in [1.82, 2.24) is 4.37 Å². The number of benzene rings is 1. The first-order valence-corrected chi connectivity index (χ1v) is 7.67. The molecule has 22 heavy (non-hydrogen) atoms. The van der Waals surface area contributed by atoms with Crippen LogP contribution in [-0.2, 0) is 11.0 Å². The van der Waals surface area contributed by atoms with Crippen LogP contribution in [0.4, 0.5) is 18.9 Å². The third kappa shape index (κ3) is 2.11. The van der Waals surface area contributed by atoms with Crippen LogP contribution in [0.5, 0.6) is 0 Å². The Bertz CT molecular complexity index is 762. The van der Waals surface area contributed by atoms with Crippen LogP contribution in [0.2, 0.25) is 0 Å². The molecule has 2 aromatic rings. The monoisotopic (exact) mass is 324 g/mol. The van der Waals surface area contributed by atoms with Crippen LogP contribution >= 0.6 is 11.5 Å². The number of carbonyl (C=O) groups excluding carboxylic acids is 1. The fourth-order valence-electron chi connectivity index (χ4n) is 2.70. The number of nitrogens with zero attached hydrogens (tertiary/aromatic N) is 1. The lowest BCUT2D eigenvalue weighted by Gasteiger charge is -2.10. The normalized spacial score (nSPS) is 25.5. The van der Waals surface area contributed by atoms with E-state index >= 15 is 0 Å². The quantitative estimate of drug-likeness (QED) is 0.920. The van der Waals surface area contributed by atoms with E-state index in [-0.39, 0.29) is 11.3 Å². The number of halogens is 3. The number of anilines is 1. The molecule has 1 aromatic carbocycles. The molecule has 0 atom stereocenters. The maximum Gasteiger partial charge on any atom is 0.416 e. The Morgan fingerprint density at radius 3 is 2.73 bits per heavy atom. The Morgan fingerprint density at radius 1 is 1.36 bits per heavy atom. The highest BCUT2D eigenvalue weighted by Crippen LogP contribution is 2.75. The van der Waals surface area contributed by atoms with Gasteiger partial charge in [0, 0.05) is 10.9 Å². The summed E-state index contributed by atoms with van der Waals surface area (Å²) in [5, 5.41) is 4.48. The first kappa shape index (κ1) is 13.8. The van der Waals surface area contributed by atoms with Crippen LogP contribution < -0.4 is 5.32 Å². The van der Waals surface area contributed by atoms with Crippen molar-refractivity contribution in [2.45, 2.75) is 19.0 Å². The van der Waals surface area contributed by atoms with E-state index in [1.54, 1.807) is 11.4 Å². The van der Waals surface area contributed by atoms with Gasteiger partial charge in [-0.1, -0.05) is 12.1 Å². The lowest BCUT2D eigenvalue weighted by Crippen LogP contribution is -2.18. The SMILES string of the molecule is O=C(Nc1csnc1-c1cccc(C(F)(F)F)c1)C12CC1C2. The molecular formula is C15H11F3N2OS. The highest BCUT2D eigenvalue weighted by molar-refractivity contribution is 7.04. The molecule has 3 nitrogen and oxygen atoms in total. The Morgan fingerprint density at radius 2 is 2.09 bits per heavy atom. The van der Waals surface area contributed by atoms with E-state index in [1.807, 2.05) is 0 Å². The fraction of sp³-hybridized carbons (Fsp3) is 0.333. The van der Waals surface area contributed by atoms with E-state index in [9.17, 15) is 18.0 Å². The highest BCUT2D eigenvalue weighted by atomic mass is 32.1. The van der Waals surface area contributed by atoms with Crippen molar-refractivity contribution in [1.29, 1.82) is 0 Å². The van der Waals surface area contributed by atoms with E-state index in [1.165, 1.54) is 6.07 Å². The smallest absolute Gasteiger partial charge is 0.323 e. The molecule has 2 saturated carbocycles. The summed E-state index contributed by atoms with van der Waals surface area (Å²) in [6.07, 6.45) is -2.55. The van der Waals surface area contributed by atoms with Crippen molar-refractivity contribution in [3.63, 3.8) is 0 Å². The minimum atomic E-state index is -4.40. The zero-order chi connectivity index (χ0) is 15.5. The average molecular weight is 324 g/mol. The molecule has 2 aliphatic rings. The predicted molar refractivity (Wildman–Crippen MR) is 76.3 cm³/mol. The first-order chi connectivity index (χ1) is 10.4. The number of rotatable bonds is 3. The summed E-state index contributed by atoms with van der Waals surface area (Å²) in [4.78, 5) is 12.1. The van der Waals surface area contributed by atoms with Gasteiger partial charge in [0.05, 0.1) is 16.7 Å². The zero-order valence-corrected chi connectivity index (χ0v) is 12.1. The zero-order valence-electron chi connectivity index (χ0n) is 11.3. The van der Waals surface area contributed by atoms with Gasteiger partial charge in [-0.05, 0) is 42.4 Å². The minimum Gasteiger partial charge on any atom is -0.323 e. The van der Waals surface area contributed by atoms with Crippen LogP contribution in [0, 0.1) is 11.3 Å². The van der Waals surface area contributed by atoms with E-state index < -0.39 is 11.7 Å². The molecule has 4 rings (SSSR count). The van der Waals surface area contributed by atoms with Gasteiger partial charge in [0.15, 0.2) is 0 Å². The molecule has 1 N–H and O–H groups in total. The van der Waals surface area contributed by atoms with E-state index in [0.29, 0.717) is 22.9 Å². The third-order valence-corrected chi connectivity index (χ3v) is 5.05. The third-order valence-electron chi connectivity index (χ3n) is 4.42. The van der Waals surface area contributed by atoms with Crippen molar-refractivity contribution < 1.29 is 18.0 Å². The Balaban J connectivity index is 1.63. The van der Waals surface area contributed by atoms with Crippen molar-refractivity contribution in [2.75, 3.05) is 5.32 Å². The maximum atomic E-state index is 12.8. The number of nitrogens with one attached hydrogen (secondary N) is 1. The topological polar surface area (TPSA) is 42.0 Å². The second-order valence-electron chi connectivity index (χ2n) is 5.87. The second-order valence-corrected chi connectivity index (χ2v) is 6.50. The molecule has 1 aromatic heterocycles. The molecule has 0 bridgehead atoms. The number of fused-ring (bicyclic) bond motifs is 1. The summed E-state index contributed by atoms with van der Waals surface area (Å²) in [6.45, 7) is 0. The molecule has 7 heteroatoms. The molecular weight excluding hydrogens is 313 g/mol. The van der Waals surface area contributed by atoms with Gasteiger partial charge in [0.1, 0.15) is 5.69 Å². The van der Waals surface area contributed by atoms with Gasteiger partial charge in [-0.3, -0.25) is 4.79 Å². The van der Waals surface area contributed by atoms with Gasteiger partial charge in [-0.15, -0.1) is 0 Å². The maximum absolute atomic E-state index is 12.8. The van der Waals surface area contributed by atoms with Gasteiger partial charge < -0.3 is 5.32 Å². The molecule has 0 aliphatic heterocycles. The van der Waals surface area contributed by atoms with Crippen molar-refractivity contribution >= 4 is 23.1 Å². The van der Waals surface area contributed by atoms with Gasteiger partial charge in [-0.25, -0.2) is 0 Å². The van der Waals surface area contributed by atoms with Gasteiger partial charge in [-0.2, -0.15) is 17.5 Å². The summed E-state index contributed by atoms with van der Waals surface area (Å²) < 4.78 is 42.5. The van der Waals surface area contributed by atoms with E-state index in [4.69, 9.17) is 0 Å². The number of hydrogen-bond donors (Lipinski definition) is 1. The first-order valence-electron chi connectivity index (χ1n) is 6.84. The van der Waals surface area contributed by atoms with Crippen molar-refractivity contribution in [3.8, 4) is 11.3 Å². The van der Waals surface area contributed by atoms with Crippen molar-refractivity contribution in [3.05, 3.63) is 35.2 Å². The summed E-state index contributed by atoms with van der Waals surface area (Å²) in [5.74, 6) is 0.474. The summed E-state index contributed by atoms with van der Waals surface area (Å²) in [5.41, 5.74) is 0.317. The lowest BCUT2D eigenvalue weighted by molar-refractivity contribution is -0.137. The largest absolute Gasteiger partial charge is 0.416 e. The minimum absolute atomic E-state index is 0.0362.